The van der Waals surface area contributed by atoms with Gasteiger partial charge in [0, 0.05) is 20.7 Å². The van der Waals surface area contributed by atoms with Crippen LogP contribution < -0.4 is 16.1 Å². The highest BCUT2D eigenvalue weighted by Crippen LogP contribution is 2.36. The first kappa shape index (κ1) is 31.7. The highest BCUT2D eigenvalue weighted by Gasteiger charge is 2.37. The van der Waals surface area contributed by atoms with E-state index >= 15 is 0 Å². The molecule has 0 spiro atoms. The van der Waals surface area contributed by atoms with E-state index in [9.17, 15) is 19.2 Å². The molecule has 230 valence electrons. The lowest BCUT2D eigenvalue weighted by molar-refractivity contribution is -0.146. The maximum Gasteiger partial charge on any atom is 0.258 e. The number of aryl methyl sites for hydroxylation is 1. The smallest absolute Gasteiger partial charge is 0.258 e. The summed E-state index contributed by atoms with van der Waals surface area (Å²) in [5, 5.41) is 7.13. The van der Waals surface area contributed by atoms with E-state index in [1.807, 2.05) is 32.7 Å². The van der Waals surface area contributed by atoms with Crippen molar-refractivity contribution in [1.29, 1.82) is 0 Å². The fourth-order valence-electron chi connectivity index (χ4n) is 6.27. The SMILES string of the molecule is CO[C@@H]1CC/C=C/c2ccc3c(c2)[C@@H](CC3)N(C)C(=O)[C@@H]2CCCN(N2)C(=O)[C@H](C)NC(=O)[C@H](C(C)C)NC(=O)[C@@H]1C. The Hall–Kier alpha value is -3.24. The number of amides is 4. The van der Waals surface area contributed by atoms with Gasteiger partial charge >= 0.3 is 0 Å². The third-order valence-electron chi connectivity index (χ3n) is 8.96. The number of allylic oxidation sites excluding steroid dienone is 1. The monoisotopic (exact) mass is 581 g/mol. The van der Waals surface area contributed by atoms with Crippen molar-refractivity contribution in [2.75, 3.05) is 20.7 Å². The van der Waals surface area contributed by atoms with Gasteiger partial charge in [-0.2, -0.15) is 0 Å². The Kier molecular flexibility index (Phi) is 10.4. The maximum atomic E-state index is 13.7. The molecule has 4 rings (SSSR count). The standard InChI is InChI=1S/C32H47N5O5/c1-19(2)28-30(39)33-21(4)31(40)37-17-9-11-25(35-37)32(41)36(5)26-16-15-23-14-13-22(18-24(23)26)10-7-8-12-27(42-6)20(3)29(38)34-28/h7,10,13-14,18-21,25-28,35H,8-9,11-12,15-17H2,1-6H3,(H,33,39)(H,34,38)/b10-7+/t20-,21+,25+,26-,27-,28+/m1/s1. The van der Waals surface area contributed by atoms with Gasteiger partial charge < -0.3 is 20.3 Å². The van der Waals surface area contributed by atoms with E-state index in [0.29, 0.717) is 32.2 Å². The largest absolute Gasteiger partial charge is 0.381 e. The molecule has 10 heteroatoms. The summed E-state index contributed by atoms with van der Waals surface area (Å²) in [4.78, 5) is 55.3. The van der Waals surface area contributed by atoms with Crippen molar-refractivity contribution in [1.82, 2.24) is 26.0 Å². The van der Waals surface area contributed by atoms with Crippen molar-refractivity contribution < 1.29 is 23.9 Å². The van der Waals surface area contributed by atoms with Gasteiger partial charge in [0.2, 0.25) is 17.7 Å². The first-order valence-corrected chi connectivity index (χ1v) is 15.3. The summed E-state index contributed by atoms with van der Waals surface area (Å²) < 4.78 is 5.68. The van der Waals surface area contributed by atoms with E-state index in [4.69, 9.17) is 4.74 Å². The molecule has 4 bridgehead atoms. The van der Waals surface area contributed by atoms with E-state index in [1.165, 1.54) is 10.6 Å². The van der Waals surface area contributed by atoms with Gasteiger partial charge in [0.15, 0.2) is 0 Å². The Labute approximate surface area is 249 Å². The molecule has 3 N–H and O–H groups in total. The number of ether oxygens (including phenoxy) is 1. The minimum atomic E-state index is -0.844. The summed E-state index contributed by atoms with van der Waals surface area (Å²) in [6, 6.07) is 4.20. The van der Waals surface area contributed by atoms with Crippen molar-refractivity contribution in [2.45, 2.75) is 96.5 Å². The van der Waals surface area contributed by atoms with Gasteiger partial charge in [0.05, 0.1) is 18.1 Å². The van der Waals surface area contributed by atoms with E-state index in [0.717, 1.165) is 24.0 Å². The first-order valence-electron chi connectivity index (χ1n) is 15.3. The van der Waals surface area contributed by atoms with E-state index in [2.05, 4.69) is 46.4 Å². The number of methoxy groups -OCH3 is 1. The summed E-state index contributed by atoms with van der Waals surface area (Å²) in [6.07, 6.45) is 8.25. The number of carbonyl (C=O) groups is 4. The molecule has 4 amide bonds. The number of benzene rings is 1. The summed E-state index contributed by atoms with van der Waals surface area (Å²) in [5.74, 6) is -1.74. The van der Waals surface area contributed by atoms with Crippen molar-refractivity contribution in [3.05, 3.63) is 41.0 Å². The number of hydrogen-bond donors (Lipinski definition) is 3. The van der Waals surface area contributed by atoms with E-state index < -0.39 is 30.0 Å². The normalized spacial score (nSPS) is 30.8. The third-order valence-corrected chi connectivity index (χ3v) is 8.96. The topological polar surface area (TPSA) is 120 Å². The molecule has 1 fully saturated rings. The molecule has 1 aromatic carbocycles. The first-order chi connectivity index (χ1) is 20.0. The van der Waals surface area contributed by atoms with E-state index in [-0.39, 0.29) is 35.8 Å². The molecule has 0 radical (unpaired) electrons. The molecule has 1 saturated heterocycles. The zero-order valence-corrected chi connectivity index (χ0v) is 25.8. The number of hydrogen-bond acceptors (Lipinski definition) is 6. The molecule has 1 aromatic rings. The molecule has 3 aliphatic rings. The summed E-state index contributed by atoms with van der Waals surface area (Å²) in [6.45, 7) is 7.58. The molecule has 6 atom stereocenters. The highest BCUT2D eigenvalue weighted by atomic mass is 16.5. The summed E-state index contributed by atoms with van der Waals surface area (Å²) >= 11 is 0. The minimum Gasteiger partial charge on any atom is -0.381 e. The van der Waals surface area contributed by atoms with Crippen LogP contribution in [0.2, 0.25) is 0 Å². The predicted octanol–water partition coefficient (Wildman–Crippen LogP) is 2.73. The molecule has 0 saturated carbocycles. The van der Waals surface area contributed by atoms with Crippen molar-refractivity contribution in [2.24, 2.45) is 11.8 Å². The molecule has 0 aromatic heterocycles. The molecule has 10 nitrogen and oxygen atoms in total. The lowest BCUT2D eigenvalue weighted by Gasteiger charge is -2.37. The fraction of sp³-hybridized carbons (Fsp3) is 0.625. The average molecular weight is 582 g/mol. The van der Waals surface area contributed by atoms with Crippen LogP contribution in [0.3, 0.4) is 0 Å². The van der Waals surface area contributed by atoms with Crippen LogP contribution in [0.25, 0.3) is 6.08 Å². The number of likely N-dealkylation sites (N-methyl/N-ethyl adjacent to an activating group) is 1. The van der Waals surface area contributed by atoms with Gasteiger partial charge in [-0.3, -0.25) is 24.2 Å². The van der Waals surface area contributed by atoms with Crippen LogP contribution >= 0.6 is 0 Å². The number of nitrogens with one attached hydrogen (secondary N) is 3. The van der Waals surface area contributed by atoms with Crippen LogP contribution in [0.5, 0.6) is 0 Å². The molecular weight excluding hydrogens is 534 g/mol. The fourth-order valence-corrected chi connectivity index (χ4v) is 6.27. The second kappa shape index (κ2) is 13.8. The molecular formula is C32H47N5O5. The molecule has 2 heterocycles. The molecule has 42 heavy (non-hydrogen) atoms. The zero-order chi connectivity index (χ0) is 30.6. The Balaban J connectivity index is 1.62. The van der Waals surface area contributed by atoms with Crippen molar-refractivity contribution >= 4 is 29.7 Å². The molecule has 1 aliphatic carbocycles. The highest BCUT2D eigenvalue weighted by molar-refractivity contribution is 5.92. The lowest BCUT2D eigenvalue weighted by Crippen LogP contribution is -2.62. The van der Waals surface area contributed by atoms with Gasteiger partial charge in [-0.25, -0.2) is 5.43 Å². The number of fused-ring (bicyclic) bond motifs is 3. The quantitative estimate of drug-likeness (QED) is 0.494. The predicted molar refractivity (Wildman–Crippen MR) is 161 cm³/mol. The van der Waals surface area contributed by atoms with Crippen LogP contribution in [0, 0.1) is 11.8 Å². The van der Waals surface area contributed by atoms with Crippen LogP contribution in [0.15, 0.2) is 24.3 Å². The van der Waals surface area contributed by atoms with Crippen LogP contribution in [-0.4, -0.2) is 78.5 Å². The minimum absolute atomic E-state index is 0.0324. The number of carbonyl (C=O) groups excluding carboxylic acids is 4. The van der Waals surface area contributed by atoms with Gasteiger partial charge in [-0.05, 0) is 74.1 Å². The third kappa shape index (κ3) is 7.03. The second-order valence-electron chi connectivity index (χ2n) is 12.3. The Morgan fingerprint density at radius 2 is 1.74 bits per heavy atom. The van der Waals surface area contributed by atoms with Crippen LogP contribution in [0.1, 0.15) is 82.5 Å². The molecule has 2 aliphatic heterocycles. The zero-order valence-electron chi connectivity index (χ0n) is 25.8. The Bertz CT molecular complexity index is 1200. The average Bonchev–Trinajstić information content (AvgIpc) is 3.41. The van der Waals surface area contributed by atoms with E-state index in [1.54, 1.807) is 14.0 Å². The second-order valence-corrected chi connectivity index (χ2v) is 12.3. The van der Waals surface area contributed by atoms with Crippen molar-refractivity contribution in [3.63, 3.8) is 0 Å². The number of rotatable bonds is 2. The van der Waals surface area contributed by atoms with Crippen molar-refractivity contribution in [3.8, 4) is 0 Å². The van der Waals surface area contributed by atoms with Gasteiger partial charge in [0.25, 0.3) is 5.91 Å². The number of nitrogens with zero attached hydrogens (tertiary/aromatic N) is 2. The Morgan fingerprint density at radius 3 is 2.45 bits per heavy atom. The van der Waals surface area contributed by atoms with Gasteiger partial charge in [-0.1, -0.05) is 45.1 Å². The molecule has 0 unspecified atom stereocenters. The lowest BCUT2D eigenvalue weighted by atomic mass is 9.96. The summed E-state index contributed by atoms with van der Waals surface area (Å²) in [5.41, 5.74) is 6.62. The van der Waals surface area contributed by atoms with Gasteiger partial charge in [0.1, 0.15) is 18.1 Å². The van der Waals surface area contributed by atoms with Gasteiger partial charge in [-0.15, -0.1) is 0 Å². The summed E-state index contributed by atoms with van der Waals surface area (Å²) in [7, 11) is 3.44. The van der Waals surface area contributed by atoms with Crippen LogP contribution in [0.4, 0.5) is 0 Å². The number of hydrazine groups is 1. The maximum absolute atomic E-state index is 13.7. The Morgan fingerprint density at radius 1 is 0.976 bits per heavy atom. The van der Waals surface area contributed by atoms with Crippen LogP contribution in [-0.2, 0) is 30.3 Å².